The fourth-order valence-corrected chi connectivity index (χ4v) is 1.46. The molecule has 4 heteroatoms. The van der Waals surface area contributed by atoms with Gasteiger partial charge in [0.2, 0.25) is 0 Å². The molecule has 0 spiro atoms. The van der Waals surface area contributed by atoms with Gasteiger partial charge in [-0.3, -0.25) is 4.63 Å². The Balaban J connectivity index is 2.32. The van der Waals surface area contributed by atoms with Crippen LogP contribution in [0, 0.1) is 0 Å². The van der Waals surface area contributed by atoms with E-state index in [1.807, 2.05) is 29.0 Å². The van der Waals surface area contributed by atoms with Crippen LogP contribution >= 0.6 is 0 Å². The molecule has 1 aliphatic carbocycles. The molecule has 0 aliphatic heterocycles. The lowest BCUT2D eigenvalue weighted by atomic mass is 10.3. The molecule has 1 saturated carbocycles. The molecule has 1 aliphatic rings. The third-order valence-corrected chi connectivity index (χ3v) is 2.27. The molecule has 2 aromatic rings. The van der Waals surface area contributed by atoms with Crippen molar-refractivity contribution in [1.82, 2.24) is 10.1 Å². The fraction of sp³-hybridized carbons (Fsp3) is 0.333. The first-order valence-electron chi connectivity index (χ1n) is 4.42. The first-order chi connectivity index (χ1) is 6.45. The van der Waals surface area contributed by atoms with Crippen molar-refractivity contribution in [2.24, 2.45) is 0 Å². The molecule has 4 nitrogen and oxygen atoms in total. The Morgan fingerprint density at radius 1 is 1.31 bits per heavy atom. The van der Waals surface area contributed by atoms with Crippen LogP contribution in [-0.2, 0) is 0 Å². The van der Waals surface area contributed by atoms with Crippen molar-refractivity contribution in [3.8, 4) is 0 Å². The fourth-order valence-electron chi connectivity index (χ4n) is 1.46. The maximum absolute atomic E-state index is 5.19. The van der Waals surface area contributed by atoms with Gasteiger partial charge in [-0.1, -0.05) is 17.5 Å². The number of aromatic nitrogens is 2. The normalized spacial score (nSPS) is 16.3. The van der Waals surface area contributed by atoms with Gasteiger partial charge in [-0.15, -0.1) is 0 Å². The highest BCUT2D eigenvalue weighted by atomic mass is 16.7. The van der Waals surface area contributed by atoms with Gasteiger partial charge in [0.05, 0.1) is 6.04 Å². The maximum Gasteiger partial charge on any atom is 0.185 e. The summed E-state index contributed by atoms with van der Waals surface area (Å²) in [6, 6.07) is 8.34. The van der Waals surface area contributed by atoms with Gasteiger partial charge in [-0.25, -0.2) is 0 Å². The second-order valence-electron chi connectivity index (χ2n) is 3.30. The van der Waals surface area contributed by atoms with Gasteiger partial charge in [0.1, 0.15) is 5.52 Å². The molecule has 3 rings (SSSR count). The van der Waals surface area contributed by atoms with Gasteiger partial charge >= 0.3 is 0 Å². The van der Waals surface area contributed by atoms with E-state index < -0.39 is 0 Å². The second-order valence-corrected chi connectivity index (χ2v) is 3.30. The molecule has 13 heavy (non-hydrogen) atoms. The number of nitrogens with zero attached hydrogens (tertiary/aromatic N) is 1. The van der Waals surface area contributed by atoms with Crippen molar-refractivity contribution in [3.63, 3.8) is 0 Å². The monoisotopic (exact) mass is 178 g/mol. The van der Waals surface area contributed by atoms with E-state index in [-0.39, 0.29) is 0 Å². The number of para-hydroxylation sites is 2. The van der Waals surface area contributed by atoms with E-state index in [9.17, 15) is 0 Å². The lowest BCUT2D eigenvalue weighted by molar-refractivity contribution is 0.0817. The summed E-state index contributed by atoms with van der Waals surface area (Å²) in [7, 11) is 0. The molecule has 1 fully saturated rings. The van der Waals surface area contributed by atoms with Crippen LogP contribution in [0.25, 0.3) is 11.1 Å². The zero-order valence-corrected chi connectivity index (χ0v) is 7.06. The summed E-state index contributed by atoms with van der Waals surface area (Å²) in [6.07, 6.45) is 2.38. The molecule has 0 atom stereocenters. The van der Waals surface area contributed by atoms with E-state index in [4.69, 9.17) is 9.15 Å². The molecule has 0 radical (unpaired) electrons. The smallest absolute Gasteiger partial charge is 0.185 e. The standard InChI is InChI=1S/C9H10N2O2/c1-2-4-9-8(3-1)11(7-5-6-7)13-10-12-9/h1-4,7,10H,5-6H2. The maximum atomic E-state index is 5.19. The Bertz CT molecular complexity index is 449. The second kappa shape index (κ2) is 2.45. The van der Waals surface area contributed by atoms with Crippen LogP contribution in [0.3, 0.4) is 0 Å². The lowest BCUT2D eigenvalue weighted by Gasteiger charge is -2.04. The topological polar surface area (TPSA) is 47.0 Å². The third kappa shape index (κ3) is 1.06. The Kier molecular flexibility index (Phi) is 1.30. The zero-order chi connectivity index (χ0) is 8.67. The molecular weight excluding hydrogens is 168 g/mol. The summed E-state index contributed by atoms with van der Waals surface area (Å²) in [5, 5.41) is 2.44. The molecule has 0 unspecified atom stereocenters. The molecular formula is C9H10N2O2. The predicted octanol–water partition coefficient (Wildman–Crippen LogP) is 2.61. The molecule has 68 valence electrons. The summed E-state index contributed by atoms with van der Waals surface area (Å²) < 4.78 is 12.2. The summed E-state index contributed by atoms with van der Waals surface area (Å²) in [4.78, 5) is 0. The average Bonchev–Trinajstić information content (AvgIpc) is 3.00. The largest absolute Gasteiger partial charge is 0.348 e. The molecule has 1 aromatic heterocycles. The van der Waals surface area contributed by atoms with Gasteiger partial charge in [-0.05, 0) is 25.0 Å². The van der Waals surface area contributed by atoms with Crippen molar-refractivity contribution in [3.05, 3.63) is 24.3 Å². The van der Waals surface area contributed by atoms with Crippen molar-refractivity contribution in [1.29, 1.82) is 0 Å². The van der Waals surface area contributed by atoms with Crippen LogP contribution in [0.2, 0.25) is 0 Å². The van der Waals surface area contributed by atoms with Gasteiger partial charge < -0.3 is 4.52 Å². The Labute approximate surface area is 74.3 Å². The molecule has 1 N–H and O–H groups in total. The molecule has 0 saturated heterocycles. The molecule has 1 aromatic carbocycles. The highest BCUT2D eigenvalue weighted by molar-refractivity contribution is 5.71. The number of aromatic amines is 1. The molecule has 1 heterocycles. The van der Waals surface area contributed by atoms with Gasteiger partial charge in [0, 0.05) is 0 Å². The van der Waals surface area contributed by atoms with Crippen molar-refractivity contribution < 1.29 is 9.15 Å². The summed E-state index contributed by atoms with van der Waals surface area (Å²) in [5.41, 5.74) is 1.82. The third-order valence-electron chi connectivity index (χ3n) is 2.27. The quantitative estimate of drug-likeness (QED) is 0.729. The number of hydrogen-bond donors (Lipinski definition) is 1. The number of rotatable bonds is 1. The zero-order valence-electron chi connectivity index (χ0n) is 7.06. The number of nitrogens with one attached hydrogen (secondary N) is 1. The van der Waals surface area contributed by atoms with E-state index in [1.165, 1.54) is 12.8 Å². The van der Waals surface area contributed by atoms with Crippen LogP contribution in [0.5, 0.6) is 0 Å². The number of benzene rings is 1. The first kappa shape index (κ1) is 6.88. The van der Waals surface area contributed by atoms with E-state index in [0.29, 0.717) is 6.04 Å². The van der Waals surface area contributed by atoms with Crippen LogP contribution < -0.4 is 0 Å². The minimum absolute atomic E-state index is 0.512. The van der Waals surface area contributed by atoms with E-state index in [1.54, 1.807) is 0 Å². The van der Waals surface area contributed by atoms with Crippen molar-refractivity contribution in [2.75, 3.05) is 0 Å². The van der Waals surface area contributed by atoms with Crippen LogP contribution in [-0.4, -0.2) is 10.1 Å². The highest BCUT2D eigenvalue weighted by Gasteiger charge is 2.26. The molecule has 0 bridgehead atoms. The van der Waals surface area contributed by atoms with Gasteiger partial charge in [-0.2, -0.15) is 4.74 Å². The molecule has 0 amide bonds. The number of H-pyrrole nitrogens is 1. The van der Waals surface area contributed by atoms with Gasteiger partial charge in [0.15, 0.2) is 5.58 Å². The first-order valence-corrected chi connectivity index (χ1v) is 4.42. The van der Waals surface area contributed by atoms with E-state index >= 15 is 0 Å². The predicted molar refractivity (Wildman–Crippen MR) is 46.7 cm³/mol. The number of fused-ring (bicyclic) bond motifs is 1. The highest BCUT2D eigenvalue weighted by Crippen LogP contribution is 2.36. The number of hydrogen-bond acceptors (Lipinski definition) is 2. The van der Waals surface area contributed by atoms with Crippen molar-refractivity contribution in [2.45, 2.75) is 18.9 Å². The Morgan fingerprint density at radius 3 is 3.00 bits per heavy atom. The summed E-state index contributed by atoms with van der Waals surface area (Å²) in [5.74, 6) is 0. The van der Waals surface area contributed by atoms with Crippen LogP contribution in [0.15, 0.2) is 33.4 Å². The minimum Gasteiger partial charge on any atom is -0.348 e. The minimum atomic E-state index is 0.512. The van der Waals surface area contributed by atoms with Gasteiger partial charge in [0.25, 0.3) is 0 Å². The van der Waals surface area contributed by atoms with E-state index in [2.05, 4.69) is 5.33 Å². The Hall–Kier alpha value is -1.58. The van der Waals surface area contributed by atoms with E-state index in [0.717, 1.165) is 11.1 Å². The SMILES string of the molecule is c1ccc2c(c1)o[nH]on2C1CC1. The van der Waals surface area contributed by atoms with Crippen LogP contribution in [0.1, 0.15) is 18.9 Å². The Morgan fingerprint density at radius 2 is 2.15 bits per heavy atom. The average molecular weight is 178 g/mol. The van der Waals surface area contributed by atoms with Crippen LogP contribution in [0.4, 0.5) is 0 Å². The summed E-state index contributed by atoms with van der Waals surface area (Å²) >= 11 is 0. The summed E-state index contributed by atoms with van der Waals surface area (Å²) in [6.45, 7) is 0. The lowest BCUT2D eigenvalue weighted by Crippen LogP contribution is -1.97. The van der Waals surface area contributed by atoms with Crippen molar-refractivity contribution >= 4 is 11.1 Å².